The van der Waals surface area contributed by atoms with Crippen molar-refractivity contribution in [2.75, 3.05) is 16.5 Å². The van der Waals surface area contributed by atoms with E-state index in [4.69, 9.17) is 26.9 Å². The van der Waals surface area contributed by atoms with Gasteiger partial charge in [0.1, 0.15) is 12.5 Å². The van der Waals surface area contributed by atoms with E-state index in [1.54, 1.807) is 27.8 Å². The van der Waals surface area contributed by atoms with E-state index in [9.17, 15) is 2.74 Å². The predicted molar refractivity (Wildman–Crippen MR) is 239 cm³/mol. The SMILES string of the molecule is [2H]c1c([2H])c([2H])c(-c2cccc(-c3c([2H])c([2H])c([2H])c([2H])c3[2H])c2N2CN(c3cccc(Cc4ccc5c6c([2H])c([2H])c([2H])c([2H])c6n(-c6cc(C(C)(C)C)ccn6)c5c4)c3)c3c([2H])c([2H])c([2H])c([2H])c32)c([2H])c1[2H]. The Hall–Kier alpha value is -6.91. The van der Waals surface area contributed by atoms with Gasteiger partial charge in [0.2, 0.25) is 0 Å². The largest absolute Gasteiger partial charge is 0.321 e. The molecule has 10 rings (SSSR count). The van der Waals surface area contributed by atoms with Gasteiger partial charge in [0.05, 0.1) is 52.8 Å². The smallest absolute Gasteiger partial charge is 0.137 e. The molecule has 3 heterocycles. The maximum atomic E-state index is 9.40. The molecule has 9 aromatic rings. The van der Waals surface area contributed by atoms with Crippen molar-refractivity contribution in [3.8, 4) is 28.1 Å². The third-order valence-corrected chi connectivity index (χ3v) is 10.3. The number of benzene rings is 7. The normalized spacial score (nSPS) is 17.2. The minimum Gasteiger partial charge on any atom is -0.321 e. The summed E-state index contributed by atoms with van der Waals surface area (Å²) in [5.41, 5.74) is 2.76. The number of para-hydroxylation sites is 4. The van der Waals surface area contributed by atoms with Gasteiger partial charge in [-0.2, -0.15) is 0 Å². The highest BCUT2D eigenvalue weighted by molar-refractivity contribution is 6.09. The summed E-state index contributed by atoms with van der Waals surface area (Å²) in [4.78, 5) is 7.81. The first-order valence-electron chi connectivity index (χ1n) is 27.4. The monoisotopic (exact) mass is 754 g/mol. The van der Waals surface area contributed by atoms with Gasteiger partial charge in [-0.05, 0) is 88.1 Å². The molecule has 0 saturated carbocycles. The van der Waals surface area contributed by atoms with Crippen molar-refractivity contribution in [3.63, 3.8) is 0 Å². The van der Waals surface area contributed by atoms with Gasteiger partial charge in [0.15, 0.2) is 0 Å². The fraction of sp³-hybridized carbons (Fsp3) is 0.113. The first-order chi connectivity index (χ1) is 35.4. The summed E-state index contributed by atoms with van der Waals surface area (Å²) in [5.74, 6) is 0.469. The summed E-state index contributed by atoms with van der Waals surface area (Å²) < 4.78 is 161. The van der Waals surface area contributed by atoms with Crippen LogP contribution in [0.25, 0.3) is 49.9 Å². The Morgan fingerprint density at radius 2 is 1.21 bits per heavy atom. The molecule has 0 spiro atoms. The van der Waals surface area contributed by atoms with Crippen LogP contribution in [0.1, 0.15) is 62.1 Å². The second-order valence-electron chi connectivity index (χ2n) is 14.8. The number of rotatable bonds is 7. The number of hydrogen-bond acceptors (Lipinski definition) is 3. The summed E-state index contributed by atoms with van der Waals surface area (Å²) in [6, 6.07) is 11.4. The quantitative estimate of drug-likeness (QED) is 0.162. The Morgan fingerprint density at radius 3 is 1.93 bits per heavy atom. The lowest BCUT2D eigenvalue weighted by atomic mass is 9.88. The second-order valence-corrected chi connectivity index (χ2v) is 14.8. The molecule has 1 aliphatic heterocycles. The molecule has 0 radical (unpaired) electrons. The van der Waals surface area contributed by atoms with Crippen LogP contribution in [-0.2, 0) is 11.8 Å². The van der Waals surface area contributed by atoms with Crippen LogP contribution >= 0.6 is 0 Å². The molecule has 0 atom stereocenters. The van der Waals surface area contributed by atoms with E-state index in [1.807, 2.05) is 42.5 Å². The van der Waals surface area contributed by atoms with Crippen LogP contribution in [-0.4, -0.2) is 16.2 Å². The van der Waals surface area contributed by atoms with Gasteiger partial charge in [0.25, 0.3) is 0 Å². The average molecular weight is 755 g/mol. The van der Waals surface area contributed by atoms with Gasteiger partial charge in [0, 0.05) is 33.8 Å². The molecule has 0 saturated heterocycles. The van der Waals surface area contributed by atoms with E-state index in [0.29, 0.717) is 34.2 Å². The maximum Gasteiger partial charge on any atom is 0.137 e. The Labute approximate surface area is 360 Å². The standard InChI is InChI=1S/C53H44N4/c1-53(2,3)41-30-31-54-51(35-41)57-47-25-11-10-22-45(47)46-29-28-38(34-50(46)57)32-37-16-14-21-42(33-37)55-36-56(49-27-13-12-26-48(49)55)52-43(39-17-6-4-7-18-39)23-15-24-44(52)40-19-8-5-9-20-40/h4-31,33-35H,32,36H2,1-3H3/i4D,5D,6D,7D,8D,9D,10D,11D,12D,13D,17D,18D,19D,20D,22D,25D,26D,27D. The van der Waals surface area contributed by atoms with E-state index in [1.165, 1.54) is 23.1 Å². The molecular formula is C53H44N4. The van der Waals surface area contributed by atoms with Crippen molar-refractivity contribution >= 4 is 44.6 Å². The van der Waals surface area contributed by atoms with Gasteiger partial charge in [-0.1, -0.05) is 154 Å². The van der Waals surface area contributed by atoms with Crippen LogP contribution in [0, 0.1) is 0 Å². The van der Waals surface area contributed by atoms with E-state index in [2.05, 4.69) is 20.8 Å². The number of anilines is 4. The average Bonchev–Trinajstić information content (AvgIpc) is 3.96. The van der Waals surface area contributed by atoms with Gasteiger partial charge in [-0.25, -0.2) is 4.98 Å². The second kappa shape index (κ2) is 14.0. The van der Waals surface area contributed by atoms with Crippen LogP contribution in [0.4, 0.5) is 22.7 Å². The van der Waals surface area contributed by atoms with Crippen molar-refractivity contribution in [2.24, 2.45) is 0 Å². The molecule has 1 aliphatic rings. The van der Waals surface area contributed by atoms with Crippen LogP contribution < -0.4 is 9.80 Å². The van der Waals surface area contributed by atoms with Crippen LogP contribution in [0.2, 0.25) is 0 Å². The van der Waals surface area contributed by atoms with Crippen molar-refractivity contribution in [1.29, 1.82) is 0 Å². The van der Waals surface area contributed by atoms with Crippen molar-refractivity contribution in [1.82, 2.24) is 9.55 Å². The highest BCUT2D eigenvalue weighted by atomic mass is 15.4. The highest BCUT2D eigenvalue weighted by Gasteiger charge is 2.31. The Balaban J connectivity index is 1.16. The van der Waals surface area contributed by atoms with Crippen molar-refractivity contribution in [3.05, 3.63) is 204 Å². The lowest BCUT2D eigenvalue weighted by molar-refractivity contribution is 0.588. The first kappa shape index (κ1) is 20.3. The molecular weight excluding hydrogens is 693 g/mol. The topological polar surface area (TPSA) is 24.3 Å². The van der Waals surface area contributed by atoms with Gasteiger partial charge in [-0.15, -0.1) is 0 Å². The number of aromatic nitrogens is 2. The van der Waals surface area contributed by atoms with Crippen LogP contribution in [0.15, 0.2) is 188 Å². The molecule has 7 aromatic carbocycles. The zero-order valence-electron chi connectivity index (χ0n) is 49.2. The van der Waals surface area contributed by atoms with E-state index < -0.39 is 84.6 Å². The van der Waals surface area contributed by atoms with Gasteiger partial charge >= 0.3 is 0 Å². The summed E-state index contributed by atoms with van der Waals surface area (Å²) in [6.45, 7) is 5.90. The fourth-order valence-corrected chi connectivity index (χ4v) is 7.56. The number of hydrogen-bond donors (Lipinski definition) is 0. The van der Waals surface area contributed by atoms with Crippen molar-refractivity contribution in [2.45, 2.75) is 32.6 Å². The summed E-state index contributed by atoms with van der Waals surface area (Å²) in [6.07, 6.45) is 1.97. The molecule has 4 heteroatoms. The molecule has 0 bridgehead atoms. The van der Waals surface area contributed by atoms with E-state index >= 15 is 0 Å². The molecule has 4 nitrogen and oxygen atoms in total. The predicted octanol–water partition coefficient (Wildman–Crippen LogP) is 13.6. The first-order valence-corrected chi connectivity index (χ1v) is 18.4. The lowest BCUT2D eigenvalue weighted by Crippen LogP contribution is -2.25. The highest BCUT2D eigenvalue weighted by Crippen LogP contribution is 2.50. The maximum absolute atomic E-state index is 9.40. The fourth-order valence-electron chi connectivity index (χ4n) is 7.56. The molecule has 0 aliphatic carbocycles. The summed E-state index contributed by atoms with van der Waals surface area (Å²) in [7, 11) is 0. The van der Waals surface area contributed by atoms with Crippen molar-refractivity contribution < 1.29 is 24.7 Å². The summed E-state index contributed by atoms with van der Waals surface area (Å²) >= 11 is 0. The van der Waals surface area contributed by atoms with Gasteiger partial charge in [-0.3, -0.25) is 4.57 Å². The van der Waals surface area contributed by atoms with Gasteiger partial charge < -0.3 is 9.80 Å². The third kappa shape index (κ3) is 6.24. The van der Waals surface area contributed by atoms with Crippen LogP contribution in [0.3, 0.4) is 0 Å². The molecule has 276 valence electrons. The Kier molecular flexibility index (Phi) is 4.98. The number of fused-ring (bicyclic) bond motifs is 4. The minimum atomic E-state index is -0.663. The molecule has 57 heavy (non-hydrogen) atoms. The zero-order chi connectivity index (χ0) is 54.2. The Bertz CT molecular complexity index is 3810. The molecule has 0 fully saturated rings. The molecule has 2 aromatic heterocycles. The molecule has 0 unspecified atom stereocenters. The van der Waals surface area contributed by atoms with E-state index in [0.717, 1.165) is 16.7 Å². The van der Waals surface area contributed by atoms with Crippen LogP contribution in [0.5, 0.6) is 0 Å². The molecule has 0 N–H and O–H groups in total. The number of nitrogens with zero attached hydrogens (tertiary/aromatic N) is 4. The number of pyridine rings is 1. The lowest BCUT2D eigenvalue weighted by Gasteiger charge is -2.27. The minimum absolute atomic E-state index is 0.0110. The zero-order valence-corrected chi connectivity index (χ0v) is 31.2. The summed E-state index contributed by atoms with van der Waals surface area (Å²) in [5, 5.41) is 0.935. The molecule has 0 amide bonds. The Morgan fingerprint density at radius 1 is 0.579 bits per heavy atom. The van der Waals surface area contributed by atoms with E-state index in [-0.39, 0.29) is 81.1 Å². The third-order valence-electron chi connectivity index (χ3n) is 10.3.